The molecule has 0 saturated carbocycles. The third kappa shape index (κ3) is 4.08. The molecule has 3 atom stereocenters. The Kier molecular flexibility index (Phi) is 5.73. The fourth-order valence-electron chi connectivity index (χ4n) is 1.87. The van der Waals surface area contributed by atoms with E-state index in [2.05, 4.69) is 5.32 Å². The van der Waals surface area contributed by atoms with Gasteiger partial charge in [-0.05, 0) is 19.8 Å². The number of ether oxygens (including phenoxy) is 2. The summed E-state index contributed by atoms with van der Waals surface area (Å²) in [7, 11) is 1.58. The van der Waals surface area contributed by atoms with Crippen molar-refractivity contribution < 1.29 is 19.4 Å². The van der Waals surface area contributed by atoms with E-state index < -0.39 is 0 Å². The number of carbonyl (C=O) groups is 1. The van der Waals surface area contributed by atoms with E-state index in [0.29, 0.717) is 19.6 Å². The first-order valence-corrected chi connectivity index (χ1v) is 5.69. The van der Waals surface area contributed by atoms with Crippen LogP contribution in [0.15, 0.2) is 0 Å². The van der Waals surface area contributed by atoms with E-state index in [9.17, 15) is 4.79 Å². The Morgan fingerprint density at radius 2 is 2.44 bits per heavy atom. The Balaban J connectivity index is 2.35. The number of carbonyl (C=O) groups excluding carboxylic acids is 1. The van der Waals surface area contributed by atoms with Crippen LogP contribution < -0.4 is 5.32 Å². The maximum absolute atomic E-state index is 11.8. The van der Waals surface area contributed by atoms with Crippen molar-refractivity contribution in [1.29, 1.82) is 0 Å². The number of rotatable bonds is 6. The fourth-order valence-corrected chi connectivity index (χ4v) is 1.87. The number of nitrogens with one attached hydrogen (secondary N) is 1. The molecule has 0 aliphatic carbocycles. The summed E-state index contributed by atoms with van der Waals surface area (Å²) in [5.74, 6) is -0.0621. The van der Waals surface area contributed by atoms with Gasteiger partial charge in [0.15, 0.2) is 0 Å². The van der Waals surface area contributed by atoms with E-state index in [-0.39, 0.29) is 30.6 Å². The highest BCUT2D eigenvalue weighted by atomic mass is 16.5. The molecule has 1 heterocycles. The van der Waals surface area contributed by atoms with Crippen LogP contribution in [-0.4, -0.2) is 50.1 Å². The predicted octanol–water partition coefficient (Wildman–Crippen LogP) is -0.0750. The maximum atomic E-state index is 11.8. The molecule has 1 aliphatic heterocycles. The Labute approximate surface area is 96.1 Å². The molecule has 0 aromatic rings. The SMILES string of the molecule is COCC(CCO)NC(=O)C1COC(C)C1. The van der Waals surface area contributed by atoms with Crippen LogP contribution in [0.5, 0.6) is 0 Å². The minimum Gasteiger partial charge on any atom is -0.396 e. The third-order valence-corrected chi connectivity index (χ3v) is 2.76. The molecule has 1 fully saturated rings. The molecule has 3 unspecified atom stereocenters. The highest BCUT2D eigenvalue weighted by Crippen LogP contribution is 2.19. The van der Waals surface area contributed by atoms with E-state index in [1.54, 1.807) is 7.11 Å². The summed E-state index contributed by atoms with van der Waals surface area (Å²) in [5, 5.41) is 11.7. The molecule has 0 radical (unpaired) electrons. The Morgan fingerprint density at radius 3 is 2.94 bits per heavy atom. The van der Waals surface area contributed by atoms with Crippen LogP contribution in [0.3, 0.4) is 0 Å². The van der Waals surface area contributed by atoms with E-state index in [1.807, 2.05) is 6.92 Å². The summed E-state index contributed by atoms with van der Waals surface area (Å²) in [6.45, 7) is 2.93. The second-order valence-corrected chi connectivity index (χ2v) is 4.25. The van der Waals surface area contributed by atoms with E-state index in [4.69, 9.17) is 14.6 Å². The highest BCUT2D eigenvalue weighted by molar-refractivity contribution is 5.79. The van der Waals surface area contributed by atoms with Gasteiger partial charge in [0, 0.05) is 13.7 Å². The average Bonchev–Trinajstić information content (AvgIpc) is 2.65. The van der Waals surface area contributed by atoms with Crippen LogP contribution in [0.2, 0.25) is 0 Å². The molecule has 1 saturated heterocycles. The Bertz CT molecular complexity index is 216. The standard InChI is InChI=1S/C11H21NO4/c1-8-5-9(6-16-8)11(14)12-10(3-4-13)7-15-2/h8-10,13H,3-7H2,1-2H3,(H,12,14). The van der Waals surface area contributed by atoms with Gasteiger partial charge in [0.1, 0.15) is 0 Å². The van der Waals surface area contributed by atoms with Crippen molar-refractivity contribution in [3.05, 3.63) is 0 Å². The van der Waals surface area contributed by atoms with Gasteiger partial charge in [-0.25, -0.2) is 0 Å². The Morgan fingerprint density at radius 1 is 1.69 bits per heavy atom. The summed E-state index contributed by atoms with van der Waals surface area (Å²) in [6, 6.07) is -0.113. The second-order valence-electron chi connectivity index (χ2n) is 4.25. The number of aliphatic hydroxyl groups is 1. The number of hydrogen-bond donors (Lipinski definition) is 2. The zero-order valence-corrected chi connectivity index (χ0v) is 9.94. The summed E-state index contributed by atoms with van der Waals surface area (Å²) in [6.07, 6.45) is 1.45. The van der Waals surface area contributed by atoms with Crippen LogP contribution in [-0.2, 0) is 14.3 Å². The van der Waals surface area contributed by atoms with Crippen molar-refractivity contribution in [2.24, 2.45) is 5.92 Å². The number of hydrogen-bond acceptors (Lipinski definition) is 4. The van der Waals surface area contributed by atoms with Gasteiger partial charge in [-0.1, -0.05) is 0 Å². The van der Waals surface area contributed by atoms with Crippen LogP contribution >= 0.6 is 0 Å². The predicted molar refractivity (Wildman–Crippen MR) is 59.0 cm³/mol. The topological polar surface area (TPSA) is 67.8 Å². The minimum absolute atomic E-state index is 0.000139. The van der Waals surface area contributed by atoms with Gasteiger partial charge in [0.05, 0.1) is 31.3 Å². The van der Waals surface area contributed by atoms with Gasteiger partial charge in [-0.3, -0.25) is 4.79 Å². The van der Waals surface area contributed by atoms with Gasteiger partial charge >= 0.3 is 0 Å². The molecule has 5 nitrogen and oxygen atoms in total. The molecule has 0 aromatic carbocycles. The molecule has 1 amide bonds. The van der Waals surface area contributed by atoms with E-state index in [1.165, 1.54) is 0 Å². The lowest BCUT2D eigenvalue weighted by Gasteiger charge is -2.18. The van der Waals surface area contributed by atoms with Gasteiger partial charge in [-0.15, -0.1) is 0 Å². The lowest BCUT2D eigenvalue weighted by molar-refractivity contribution is -0.126. The molecule has 1 rings (SSSR count). The summed E-state index contributed by atoms with van der Waals surface area (Å²) < 4.78 is 10.3. The first-order valence-electron chi connectivity index (χ1n) is 5.69. The monoisotopic (exact) mass is 231 g/mol. The van der Waals surface area contributed by atoms with Gasteiger partial charge in [0.25, 0.3) is 0 Å². The molecule has 5 heteroatoms. The fraction of sp³-hybridized carbons (Fsp3) is 0.909. The lowest BCUT2D eigenvalue weighted by Crippen LogP contribution is -2.42. The Hall–Kier alpha value is -0.650. The summed E-state index contributed by atoms with van der Waals surface area (Å²) in [4.78, 5) is 11.8. The normalized spacial score (nSPS) is 26.7. The first kappa shape index (κ1) is 13.4. The van der Waals surface area contributed by atoms with E-state index in [0.717, 1.165) is 6.42 Å². The quantitative estimate of drug-likeness (QED) is 0.671. The van der Waals surface area contributed by atoms with Crippen LogP contribution in [0.25, 0.3) is 0 Å². The van der Waals surface area contributed by atoms with Gasteiger partial charge < -0.3 is 19.9 Å². The van der Waals surface area contributed by atoms with Crippen molar-refractivity contribution in [2.45, 2.75) is 31.9 Å². The second kappa shape index (κ2) is 6.83. The molecule has 16 heavy (non-hydrogen) atoms. The van der Waals surface area contributed by atoms with Crippen molar-refractivity contribution in [1.82, 2.24) is 5.32 Å². The van der Waals surface area contributed by atoms with Crippen LogP contribution in [0, 0.1) is 5.92 Å². The van der Waals surface area contributed by atoms with Gasteiger partial charge in [-0.2, -0.15) is 0 Å². The average molecular weight is 231 g/mol. The summed E-state index contributed by atoms with van der Waals surface area (Å²) >= 11 is 0. The zero-order valence-electron chi connectivity index (χ0n) is 9.94. The summed E-state index contributed by atoms with van der Waals surface area (Å²) in [5.41, 5.74) is 0. The van der Waals surface area contributed by atoms with Crippen molar-refractivity contribution in [3.8, 4) is 0 Å². The van der Waals surface area contributed by atoms with E-state index >= 15 is 0 Å². The molecular formula is C11H21NO4. The molecule has 0 spiro atoms. The van der Waals surface area contributed by atoms with Crippen molar-refractivity contribution >= 4 is 5.91 Å². The molecule has 0 aromatic heterocycles. The zero-order chi connectivity index (χ0) is 12.0. The molecule has 94 valence electrons. The van der Waals surface area contributed by atoms with Crippen molar-refractivity contribution in [3.63, 3.8) is 0 Å². The number of amides is 1. The minimum atomic E-state index is -0.113. The lowest BCUT2D eigenvalue weighted by atomic mass is 10.0. The smallest absolute Gasteiger partial charge is 0.225 e. The largest absolute Gasteiger partial charge is 0.396 e. The van der Waals surface area contributed by atoms with Crippen LogP contribution in [0.1, 0.15) is 19.8 Å². The van der Waals surface area contributed by atoms with Crippen LogP contribution in [0.4, 0.5) is 0 Å². The molecule has 2 N–H and O–H groups in total. The number of aliphatic hydroxyl groups excluding tert-OH is 1. The first-order chi connectivity index (χ1) is 7.67. The van der Waals surface area contributed by atoms with Crippen molar-refractivity contribution in [2.75, 3.05) is 26.9 Å². The molecule has 0 bridgehead atoms. The highest BCUT2D eigenvalue weighted by Gasteiger charge is 2.29. The molecular weight excluding hydrogens is 210 g/mol. The third-order valence-electron chi connectivity index (χ3n) is 2.76. The van der Waals surface area contributed by atoms with Gasteiger partial charge in [0.2, 0.25) is 5.91 Å². The molecule has 1 aliphatic rings. The number of methoxy groups -OCH3 is 1. The maximum Gasteiger partial charge on any atom is 0.225 e.